The molecule has 0 unspecified atom stereocenters. The number of hydrogen-bond acceptors (Lipinski definition) is 3. The van der Waals surface area contributed by atoms with Crippen molar-refractivity contribution in [3.8, 4) is 17.2 Å². The maximum absolute atomic E-state index is 10.8. The molecular weight excluding hydrogens is 316 g/mol. The lowest BCUT2D eigenvalue weighted by atomic mass is 10.0. The third-order valence-corrected chi connectivity index (χ3v) is 3.26. The average molecular weight is 346 g/mol. The van der Waals surface area contributed by atoms with Crippen molar-refractivity contribution in [3.63, 3.8) is 0 Å². The minimum atomic E-state index is -0.850. The fraction of sp³-hybridized carbons (Fsp3) is 0.381. The van der Waals surface area contributed by atoms with Crippen molar-refractivity contribution < 1.29 is 19.7 Å². The molecule has 2 aromatic rings. The monoisotopic (exact) mass is 346 g/mol. The van der Waals surface area contributed by atoms with Gasteiger partial charge in [-0.3, -0.25) is 4.79 Å². The zero-order valence-corrected chi connectivity index (χ0v) is 16.3. The first kappa shape index (κ1) is 22.5. The van der Waals surface area contributed by atoms with Crippen LogP contribution in [0.1, 0.15) is 49.9 Å². The van der Waals surface area contributed by atoms with E-state index in [1.54, 1.807) is 25.1 Å². The molecule has 2 aromatic carbocycles. The highest BCUT2D eigenvalue weighted by Crippen LogP contribution is 2.32. The molecule has 0 aliphatic rings. The average Bonchev–Trinajstić information content (AvgIpc) is 2.57. The quantitative estimate of drug-likeness (QED) is 0.735. The maximum atomic E-state index is 10.8. The first-order valence-electron chi connectivity index (χ1n) is 8.66. The van der Waals surface area contributed by atoms with E-state index in [4.69, 9.17) is 9.84 Å². The fourth-order valence-corrected chi connectivity index (χ4v) is 2.29. The molecule has 0 amide bonds. The summed E-state index contributed by atoms with van der Waals surface area (Å²) in [6.07, 6.45) is 0.000275. The predicted octanol–water partition coefficient (Wildman–Crippen LogP) is 5.79. The molecule has 138 valence electrons. The Morgan fingerprint density at radius 2 is 1.44 bits per heavy atom. The van der Waals surface area contributed by atoms with Crippen molar-refractivity contribution in [3.05, 3.63) is 52.6 Å². The van der Waals surface area contributed by atoms with E-state index in [1.165, 1.54) is 0 Å². The number of aliphatic carboxylic acids is 1. The Morgan fingerprint density at radius 3 is 1.88 bits per heavy atom. The minimum absolute atomic E-state index is 0.000275. The van der Waals surface area contributed by atoms with E-state index >= 15 is 0 Å². The van der Waals surface area contributed by atoms with E-state index in [0.29, 0.717) is 11.5 Å². The van der Waals surface area contributed by atoms with Gasteiger partial charge in [0, 0.05) is 0 Å². The van der Waals surface area contributed by atoms with E-state index in [1.807, 2.05) is 53.7 Å². The van der Waals surface area contributed by atoms with Gasteiger partial charge >= 0.3 is 5.97 Å². The SMILES string of the molecule is CC.CC.Cc1cc(Oc2c(C)cc(CC(=O)O)cc2C)ccc1O. The van der Waals surface area contributed by atoms with Gasteiger partial charge in [0.2, 0.25) is 0 Å². The Kier molecular flexibility index (Phi) is 10.0. The van der Waals surface area contributed by atoms with Crippen LogP contribution in [0, 0.1) is 20.8 Å². The van der Waals surface area contributed by atoms with Crippen LogP contribution in [0.3, 0.4) is 0 Å². The molecule has 4 heteroatoms. The first-order chi connectivity index (χ1) is 11.9. The standard InChI is InChI=1S/C17H18O4.2C2H6/c1-10-8-14(4-5-15(10)18)21-17-11(2)6-13(7-12(17)3)9-16(19)20;2*1-2/h4-8,18H,9H2,1-3H3,(H,19,20);2*1-2H3. The van der Waals surface area contributed by atoms with Crippen LogP contribution in [-0.2, 0) is 11.2 Å². The number of hydrogen-bond donors (Lipinski definition) is 2. The second-order valence-electron chi connectivity index (χ2n) is 5.18. The lowest BCUT2D eigenvalue weighted by Crippen LogP contribution is -2.02. The van der Waals surface area contributed by atoms with Gasteiger partial charge in [0.25, 0.3) is 0 Å². The van der Waals surface area contributed by atoms with Crippen LogP contribution in [0.5, 0.6) is 17.2 Å². The van der Waals surface area contributed by atoms with E-state index in [9.17, 15) is 9.90 Å². The normalized spacial score (nSPS) is 9.24. The summed E-state index contributed by atoms with van der Waals surface area (Å²) in [6, 6.07) is 8.70. The molecular formula is C21H30O4. The van der Waals surface area contributed by atoms with Gasteiger partial charge in [0.15, 0.2) is 0 Å². The van der Waals surface area contributed by atoms with Gasteiger partial charge in [-0.15, -0.1) is 0 Å². The summed E-state index contributed by atoms with van der Waals surface area (Å²) in [4.78, 5) is 10.8. The van der Waals surface area contributed by atoms with Crippen LogP contribution in [0.15, 0.2) is 30.3 Å². The molecule has 0 aliphatic heterocycles. The van der Waals surface area contributed by atoms with Gasteiger partial charge in [0.1, 0.15) is 17.2 Å². The van der Waals surface area contributed by atoms with Crippen LogP contribution < -0.4 is 4.74 Å². The molecule has 0 aromatic heterocycles. The summed E-state index contributed by atoms with van der Waals surface area (Å²) in [5.74, 6) is 0.737. The number of carboxylic acid groups (broad SMARTS) is 1. The molecule has 4 nitrogen and oxygen atoms in total. The van der Waals surface area contributed by atoms with Gasteiger partial charge in [-0.25, -0.2) is 0 Å². The summed E-state index contributed by atoms with van der Waals surface area (Å²) in [6.45, 7) is 13.6. The maximum Gasteiger partial charge on any atom is 0.307 e. The van der Waals surface area contributed by atoms with Crippen LogP contribution in [0.25, 0.3) is 0 Å². The van der Waals surface area contributed by atoms with Crippen LogP contribution in [0.2, 0.25) is 0 Å². The lowest BCUT2D eigenvalue weighted by Gasteiger charge is -2.14. The molecule has 0 saturated heterocycles. The predicted molar refractivity (Wildman–Crippen MR) is 103 cm³/mol. The van der Waals surface area contributed by atoms with Crippen LogP contribution >= 0.6 is 0 Å². The molecule has 0 bridgehead atoms. The van der Waals surface area contributed by atoms with E-state index < -0.39 is 5.97 Å². The Balaban J connectivity index is 0.00000134. The summed E-state index contributed by atoms with van der Waals surface area (Å²) >= 11 is 0. The van der Waals surface area contributed by atoms with Gasteiger partial charge in [-0.1, -0.05) is 39.8 Å². The molecule has 0 radical (unpaired) electrons. The van der Waals surface area contributed by atoms with E-state index in [-0.39, 0.29) is 12.2 Å². The summed E-state index contributed by atoms with van der Waals surface area (Å²) < 4.78 is 5.88. The molecule has 0 saturated carbocycles. The molecule has 2 rings (SSSR count). The Labute approximate surface area is 151 Å². The van der Waals surface area contributed by atoms with Crippen molar-refractivity contribution in [2.24, 2.45) is 0 Å². The second-order valence-corrected chi connectivity index (χ2v) is 5.18. The number of aromatic hydroxyl groups is 1. The Hall–Kier alpha value is -2.49. The number of benzene rings is 2. The van der Waals surface area contributed by atoms with Crippen LogP contribution in [0.4, 0.5) is 0 Å². The molecule has 0 aliphatic carbocycles. The number of carbonyl (C=O) groups is 1. The van der Waals surface area contributed by atoms with Gasteiger partial charge in [-0.05, 0) is 61.2 Å². The summed E-state index contributed by atoms with van der Waals surface area (Å²) in [7, 11) is 0. The number of carboxylic acids is 1. The number of ether oxygens (including phenoxy) is 1. The molecule has 25 heavy (non-hydrogen) atoms. The van der Waals surface area contributed by atoms with Crippen LogP contribution in [-0.4, -0.2) is 16.2 Å². The lowest BCUT2D eigenvalue weighted by molar-refractivity contribution is -0.136. The minimum Gasteiger partial charge on any atom is -0.508 e. The third-order valence-electron chi connectivity index (χ3n) is 3.26. The third kappa shape index (κ3) is 6.87. The zero-order valence-electron chi connectivity index (χ0n) is 16.3. The van der Waals surface area contributed by atoms with Crippen molar-refractivity contribution in [2.45, 2.75) is 54.9 Å². The largest absolute Gasteiger partial charge is 0.508 e. The number of phenols is 1. The highest BCUT2D eigenvalue weighted by Gasteiger charge is 2.10. The van der Waals surface area contributed by atoms with Gasteiger partial charge < -0.3 is 14.9 Å². The molecule has 0 atom stereocenters. The number of rotatable bonds is 4. The van der Waals surface area contributed by atoms with Crippen molar-refractivity contribution >= 4 is 5.97 Å². The highest BCUT2D eigenvalue weighted by molar-refractivity contribution is 5.70. The Morgan fingerprint density at radius 1 is 0.920 bits per heavy atom. The highest BCUT2D eigenvalue weighted by atomic mass is 16.5. The van der Waals surface area contributed by atoms with Crippen molar-refractivity contribution in [1.29, 1.82) is 0 Å². The molecule has 0 heterocycles. The smallest absolute Gasteiger partial charge is 0.307 e. The first-order valence-corrected chi connectivity index (χ1v) is 8.66. The van der Waals surface area contributed by atoms with E-state index in [2.05, 4.69) is 0 Å². The van der Waals surface area contributed by atoms with Crippen molar-refractivity contribution in [2.75, 3.05) is 0 Å². The topological polar surface area (TPSA) is 66.8 Å². The fourth-order valence-electron chi connectivity index (χ4n) is 2.29. The van der Waals surface area contributed by atoms with Gasteiger partial charge in [-0.2, -0.15) is 0 Å². The zero-order chi connectivity index (χ0) is 19.6. The Bertz CT molecular complexity index is 667. The number of aryl methyl sites for hydroxylation is 3. The molecule has 0 spiro atoms. The molecule has 0 fully saturated rings. The van der Waals surface area contributed by atoms with Crippen molar-refractivity contribution in [1.82, 2.24) is 0 Å². The summed E-state index contributed by atoms with van der Waals surface area (Å²) in [5.41, 5.74) is 3.27. The number of phenolic OH excluding ortho intramolecular Hbond substituents is 1. The van der Waals surface area contributed by atoms with E-state index in [0.717, 1.165) is 22.3 Å². The van der Waals surface area contributed by atoms with Gasteiger partial charge in [0.05, 0.1) is 6.42 Å². The second kappa shape index (κ2) is 11.1. The molecule has 2 N–H and O–H groups in total. The summed E-state index contributed by atoms with van der Waals surface area (Å²) in [5, 5.41) is 18.4.